The molecule has 29 heavy (non-hydrogen) atoms. The Hall–Kier alpha value is -0.170. The molecule has 2 fully saturated rings. The number of nitrogens with one attached hydrogen (secondary N) is 2. The Kier molecular flexibility index (Phi) is 12.3. The van der Waals surface area contributed by atoms with Crippen LogP contribution in [-0.2, 0) is 14.8 Å². The Morgan fingerprint density at radius 3 is 2.52 bits per heavy atom. The van der Waals surface area contributed by atoms with Gasteiger partial charge in [0.15, 0.2) is 5.96 Å². The number of nitrogens with zero attached hydrogens (tertiary/aromatic N) is 3. The lowest BCUT2D eigenvalue weighted by atomic mass is 10.1. The molecular formula is C19H40IN5O3S. The second kappa shape index (κ2) is 13.3. The number of ether oxygens (including phenoxy) is 1. The summed E-state index contributed by atoms with van der Waals surface area (Å²) in [6, 6.07) is 1.03. The van der Waals surface area contributed by atoms with Crippen LogP contribution in [0.25, 0.3) is 0 Å². The number of halogens is 1. The maximum absolute atomic E-state index is 12.2. The molecular weight excluding hydrogens is 505 g/mol. The fourth-order valence-electron chi connectivity index (χ4n) is 3.90. The van der Waals surface area contributed by atoms with Crippen LogP contribution in [0.3, 0.4) is 0 Å². The summed E-state index contributed by atoms with van der Waals surface area (Å²) in [7, 11) is -3.09. The summed E-state index contributed by atoms with van der Waals surface area (Å²) >= 11 is 0. The smallest absolute Gasteiger partial charge is 0.214 e. The third-order valence-corrected chi connectivity index (χ3v) is 7.57. The Morgan fingerprint density at radius 2 is 1.93 bits per heavy atom. The van der Waals surface area contributed by atoms with E-state index in [9.17, 15) is 8.42 Å². The van der Waals surface area contributed by atoms with Gasteiger partial charge in [0.1, 0.15) is 0 Å². The van der Waals surface area contributed by atoms with Crippen molar-refractivity contribution in [2.24, 2.45) is 4.99 Å². The van der Waals surface area contributed by atoms with Crippen LogP contribution in [0.5, 0.6) is 0 Å². The van der Waals surface area contributed by atoms with Gasteiger partial charge in [0.05, 0.1) is 25.5 Å². The number of sulfonamides is 1. The van der Waals surface area contributed by atoms with Crippen molar-refractivity contribution in [2.45, 2.75) is 65.1 Å². The quantitative estimate of drug-likeness (QED) is 0.273. The van der Waals surface area contributed by atoms with Crippen molar-refractivity contribution in [1.29, 1.82) is 0 Å². The van der Waals surface area contributed by atoms with Crippen molar-refractivity contribution in [3.05, 3.63) is 0 Å². The van der Waals surface area contributed by atoms with E-state index in [1.165, 1.54) is 0 Å². The zero-order chi connectivity index (χ0) is 20.6. The van der Waals surface area contributed by atoms with Crippen LogP contribution in [0, 0.1) is 0 Å². The molecule has 0 aromatic heterocycles. The van der Waals surface area contributed by atoms with E-state index >= 15 is 0 Å². The van der Waals surface area contributed by atoms with Gasteiger partial charge in [-0.3, -0.25) is 9.89 Å². The lowest BCUT2D eigenvalue weighted by molar-refractivity contribution is -0.0165. The molecule has 0 aromatic rings. The zero-order valence-corrected chi connectivity index (χ0v) is 21.5. The van der Waals surface area contributed by atoms with E-state index in [-0.39, 0.29) is 35.8 Å². The first-order valence-corrected chi connectivity index (χ1v) is 12.3. The highest BCUT2D eigenvalue weighted by atomic mass is 127. The zero-order valence-electron chi connectivity index (χ0n) is 18.4. The SMILES string of the molecule is CCCS(=O)(=O)N1CCC(NC(=NCC(C)N2CCOCC2C)NCC)CC1.I. The van der Waals surface area contributed by atoms with Crippen LogP contribution >= 0.6 is 24.0 Å². The minimum absolute atomic E-state index is 0. The van der Waals surface area contributed by atoms with E-state index in [4.69, 9.17) is 9.73 Å². The summed E-state index contributed by atoms with van der Waals surface area (Å²) < 4.78 is 31.6. The van der Waals surface area contributed by atoms with Crippen LogP contribution in [0.15, 0.2) is 4.99 Å². The largest absolute Gasteiger partial charge is 0.379 e. The lowest BCUT2D eigenvalue weighted by Gasteiger charge is -2.37. The Balaban J connectivity index is 0.00000420. The predicted octanol–water partition coefficient (Wildman–Crippen LogP) is 1.47. The first-order chi connectivity index (χ1) is 13.4. The Bertz CT molecular complexity index is 597. The summed E-state index contributed by atoms with van der Waals surface area (Å²) in [6.45, 7) is 13.6. The third kappa shape index (κ3) is 8.47. The molecule has 0 saturated carbocycles. The predicted molar refractivity (Wildman–Crippen MR) is 130 cm³/mol. The first-order valence-electron chi connectivity index (χ1n) is 10.7. The highest BCUT2D eigenvalue weighted by Gasteiger charge is 2.28. The molecule has 2 aliphatic rings. The molecule has 2 N–H and O–H groups in total. The van der Waals surface area contributed by atoms with E-state index in [0.717, 1.165) is 51.6 Å². The van der Waals surface area contributed by atoms with Gasteiger partial charge in [0, 0.05) is 44.3 Å². The third-order valence-electron chi connectivity index (χ3n) is 5.49. The number of piperidine rings is 1. The average Bonchev–Trinajstić information content (AvgIpc) is 2.67. The van der Waals surface area contributed by atoms with Gasteiger partial charge in [-0.15, -0.1) is 24.0 Å². The summed E-state index contributed by atoms with van der Waals surface area (Å²) in [6.07, 6.45) is 2.28. The highest BCUT2D eigenvalue weighted by Crippen LogP contribution is 2.15. The number of guanidine groups is 1. The summed E-state index contributed by atoms with van der Waals surface area (Å²) in [5, 5.41) is 6.83. The van der Waals surface area contributed by atoms with E-state index in [1.807, 2.05) is 6.92 Å². The molecule has 2 aliphatic heterocycles. The molecule has 2 heterocycles. The number of aliphatic imine (C=N–C) groups is 1. The van der Waals surface area contributed by atoms with Gasteiger partial charge in [-0.05, 0) is 40.0 Å². The van der Waals surface area contributed by atoms with E-state index in [1.54, 1.807) is 4.31 Å². The Labute approximate surface area is 194 Å². The Morgan fingerprint density at radius 1 is 1.24 bits per heavy atom. The topological polar surface area (TPSA) is 86.3 Å². The number of morpholine rings is 1. The maximum atomic E-state index is 12.2. The first kappa shape index (κ1) is 26.9. The summed E-state index contributed by atoms with van der Waals surface area (Å²) in [5.74, 6) is 1.07. The molecule has 2 atom stereocenters. The van der Waals surface area contributed by atoms with Gasteiger partial charge in [0.25, 0.3) is 0 Å². The van der Waals surface area contributed by atoms with Crippen molar-refractivity contribution >= 4 is 40.0 Å². The van der Waals surface area contributed by atoms with Crippen LogP contribution in [0.2, 0.25) is 0 Å². The van der Waals surface area contributed by atoms with Gasteiger partial charge in [0.2, 0.25) is 10.0 Å². The molecule has 8 nitrogen and oxygen atoms in total. The average molecular weight is 546 g/mol. The molecule has 0 aliphatic carbocycles. The van der Waals surface area contributed by atoms with Crippen LogP contribution in [0.4, 0.5) is 0 Å². The summed E-state index contributed by atoms with van der Waals surface area (Å²) in [5.41, 5.74) is 0. The standard InChI is InChI=1S/C19H39N5O3S.HI/c1-5-13-28(25,26)23-9-7-18(8-10-23)22-19(20-6-2)21-14-16(3)24-11-12-27-15-17(24)4;/h16-18H,5-15H2,1-4H3,(H2,20,21,22);1H. The van der Waals surface area contributed by atoms with Crippen LogP contribution in [0.1, 0.15) is 47.0 Å². The van der Waals surface area contributed by atoms with E-state index < -0.39 is 10.0 Å². The van der Waals surface area contributed by atoms with Crippen molar-refractivity contribution < 1.29 is 13.2 Å². The van der Waals surface area contributed by atoms with Crippen LogP contribution < -0.4 is 10.6 Å². The number of hydrogen-bond acceptors (Lipinski definition) is 5. The van der Waals surface area contributed by atoms with Gasteiger partial charge >= 0.3 is 0 Å². The van der Waals surface area contributed by atoms with Gasteiger partial charge in [-0.25, -0.2) is 12.7 Å². The highest BCUT2D eigenvalue weighted by molar-refractivity contribution is 14.0. The number of rotatable bonds is 8. The maximum Gasteiger partial charge on any atom is 0.214 e. The minimum Gasteiger partial charge on any atom is -0.379 e. The molecule has 0 aromatic carbocycles. The van der Waals surface area contributed by atoms with E-state index in [2.05, 4.69) is 36.3 Å². The monoisotopic (exact) mass is 545 g/mol. The van der Waals surface area contributed by atoms with Crippen molar-refractivity contribution in [1.82, 2.24) is 19.8 Å². The van der Waals surface area contributed by atoms with E-state index in [0.29, 0.717) is 31.6 Å². The summed E-state index contributed by atoms with van der Waals surface area (Å²) in [4.78, 5) is 7.25. The fourth-order valence-corrected chi connectivity index (χ4v) is 5.44. The second-order valence-corrected chi connectivity index (χ2v) is 9.95. The van der Waals surface area contributed by atoms with Crippen molar-refractivity contribution in [3.8, 4) is 0 Å². The molecule has 172 valence electrons. The molecule has 2 saturated heterocycles. The minimum atomic E-state index is -3.09. The normalized spacial score (nSPS) is 24.0. The van der Waals surface area contributed by atoms with Crippen molar-refractivity contribution in [2.75, 3.05) is 51.7 Å². The lowest BCUT2D eigenvalue weighted by Crippen LogP contribution is -2.51. The molecule has 0 radical (unpaired) electrons. The molecule has 0 amide bonds. The molecule has 10 heteroatoms. The van der Waals surface area contributed by atoms with Crippen LogP contribution in [-0.4, -0.2) is 93.4 Å². The molecule has 2 rings (SSSR count). The second-order valence-electron chi connectivity index (χ2n) is 7.86. The van der Waals surface area contributed by atoms with Gasteiger partial charge in [-0.2, -0.15) is 0 Å². The molecule has 2 unspecified atom stereocenters. The number of hydrogen-bond donors (Lipinski definition) is 2. The molecule has 0 bridgehead atoms. The molecule has 0 spiro atoms. The van der Waals surface area contributed by atoms with Crippen molar-refractivity contribution in [3.63, 3.8) is 0 Å². The van der Waals surface area contributed by atoms with Gasteiger partial charge < -0.3 is 15.4 Å². The van der Waals surface area contributed by atoms with Gasteiger partial charge in [-0.1, -0.05) is 6.92 Å². The fraction of sp³-hybridized carbons (Fsp3) is 0.947.